The summed E-state index contributed by atoms with van der Waals surface area (Å²) >= 11 is 0. The van der Waals surface area contributed by atoms with E-state index in [1.807, 2.05) is 0 Å². The number of carbonyl (C=O) groups is 1. The third-order valence-electron chi connectivity index (χ3n) is 4.76. The predicted molar refractivity (Wildman–Crippen MR) is 89.1 cm³/mol. The zero-order valence-corrected chi connectivity index (χ0v) is 14.2. The molecule has 1 N–H and O–H groups in total. The van der Waals surface area contributed by atoms with Crippen LogP contribution in [0.4, 0.5) is 20.2 Å². The molecule has 0 aromatic heterocycles. The molecule has 1 fully saturated rings. The van der Waals surface area contributed by atoms with E-state index in [0.29, 0.717) is 18.2 Å². The summed E-state index contributed by atoms with van der Waals surface area (Å²) in [6.07, 6.45) is 0. The first-order chi connectivity index (χ1) is 13.1. The Morgan fingerprint density at radius 2 is 1.86 bits per heavy atom. The first-order valence-electron chi connectivity index (χ1n) is 7.88. The number of ether oxygens (including phenoxy) is 1. The Balaban J connectivity index is 2.23. The Kier molecular flexibility index (Phi) is 4.55. The van der Waals surface area contributed by atoms with Crippen molar-refractivity contribution in [2.45, 2.75) is 18.4 Å². The van der Waals surface area contributed by atoms with Crippen LogP contribution in [0.5, 0.6) is 0 Å². The molecule has 1 aliphatic heterocycles. The molecule has 28 heavy (non-hydrogen) atoms. The van der Waals surface area contributed by atoms with Gasteiger partial charge in [0.1, 0.15) is 17.2 Å². The second-order valence-corrected chi connectivity index (χ2v) is 6.27. The van der Waals surface area contributed by atoms with Crippen LogP contribution in [-0.4, -0.2) is 27.5 Å². The number of hydrogen-bond donors (Lipinski definition) is 1. The van der Waals surface area contributed by atoms with Crippen LogP contribution in [0.2, 0.25) is 0 Å². The van der Waals surface area contributed by atoms with Crippen molar-refractivity contribution in [2.24, 2.45) is 0 Å². The van der Waals surface area contributed by atoms with Crippen LogP contribution < -0.4 is 0 Å². The van der Waals surface area contributed by atoms with Gasteiger partial charge in [0, 0.05) is 23.6 Å². The van der Waals surface area contributed by atoms with Crippen molar-refractivity contribution in [3.63, 3.8) is 0 Å². The molecule has 2 aromatic rings. The van der Waals surface area contributed by atoms with Crippen molar-refractivity contribution in [1.82, 2.24) is 0 Å². The zero-order valence-electron chi connectivity index (χ0n) is 14.2. The maximum Gasteiger partial charge on any atom is 0.336 e. The van der Waals surface area contributed by atoms with Crippen LogP contribution in [0.25, 0.3) is 0 Å². The van der Waals surface area contributed by atoms with Gasteiger partial charge >= 0.3 is 5.97 Å². The van der Waals surface area contributed by atoms with Crippen LogP contribution >= 0.6 is 0 Å². The van der Waals surface area contributed by atoms with E-state index in [-0.39, 0.29) is 17.7 Å². The van der Waals surface area contributed by atoms with Crippen LogP contribution in [0.1, 0.15) is 34.3 Å². The van der Waals surface area contributed by atoms with E-state index >= 15 is 0 Å². The van der Waals surface area contributed by atoms with Crippen LogP contribution in [0.15, 0.2) is 30.3 Å². The van der Waals surface area contributed by atoms with Gasteiger partial charge in [-0.1, -0.05) is 13.0 Å². The molecule has 11 heteroatoms. The van der Waals surface area contributed by atoms with Gasteiger partial charge in [0.15, 0.2) is 0 Å². The first-order valence-corrected chi connectivity index (χ1v) is 7.88. The van der Waals surface area contributed by atoms with Crippen LogP contribution in [0.3, 0.4) is 0 Å². The molecule has 0 amide bonds. The lowest BCUT2D eigenvalue weighted by Gasteiger charge is -2.23. The highest BCUT2D eigenvalue weighted by Crippen LogP contribution is 2.53. The number of benzene rings is 2. The fourth-order valence-corrected chi connectivity index (χ4v) is 3.29. The molecule has 2 aromatic carbocycles. The number of rotatable bonds is 6. The predicted octanol–water partition coefficient (Wildman–Crippen LogP) is 3.51. The molecule has 3 rings (SSSR count). The molecule has 0 radical (unpaired) electrons. The SMILES string of the molecule is C[C@H](c1c(C(=O)O)cc([N+](=O)[O-])cc1[N+](=O)[O-])[C@@]1(c2ccc(F)cc2F)CO1. The van der Waals surface area contributed by atoms with Crippen molar-refractivity contribution in [3.8, 4) is 0 Å². The largest absolute Gasteiger partial charge is 0.478 e. The number of nitrogens with zero attached hydrogens (tertiary/aromatic N) is 2. The fourth-order valence-electron chi connectivity index (χ4n) is 3.29. The highest BCUT2D eigenvalue weighted by molar-refractivity contribution is 5.92. The van der Waals surface area contributed by atoms with Crippen molar-refractivity contribution >= 4 is 17.3 Å². The highest BCUT2D eigenvalue weighted by Gasteiger charge is 2.55. The molecule has 0 bridgehead atoms. The molecular weight excluding hydrogens is 382 g/mol. The third kappa shape index (κ3) is 3.05. The quantitative estimate of drug-likeness (QED) is 0.450. The average molecular weight is 394 g/mol. The topological polar surface area (TPSA) is 136 Å². The second kappa shape index (κ2) is 6.60. The number of nitro groups is 2. The van der Waals surface area contributed by atoms with Gasteiger partial charge in [0.2, 0.25) is 0 Å². The minimum Gasteiger partial charge on any atom is -0.478 e. The summed E-state index contributed by atoms with van der Waals surface area (Å²) in [4.78, 5) is 32.3. The first kappa shape index (κ1) is 19.3. The molecule has 1 aliphatic rings. The smallest absolute Gasteiger partial charge is 0.336 e. The van der Waals surface area contributed by atoms with Gasteiger partial charge in [-0.3, -0.25) is 20.2 Å². The standard InChI is InChI=1S/C17H12F2N2O7/c1-8(17(7-28-17)12-3-2-9(18)4-13(12)19)15-11(16(22)23)5-10(20(24)25)6-14(15)21(26)27/h2-6,8H,7H2,1H3,(H,22,23)/t8-,17-/m1/s1. The molecule has 0 spiro atoms. The minimum absolute atomic E-state index is 0.0922. The van der Waals surface area contributed by atoms with Crippen LogP contribution in [0, 0.1) is 31.9 Å². The number of nitro benzene ring substituents is 2. The number of aromatic carboxylic acids is 1. The molecule has 0 saturated carbocycles. The molecule has 0 aliphatic carbocycles. The average Bonchev–Trinajstić information content (AvgIpc) is 3.41. The zero-order chi connectivity index (χ0) is 20.8. The maximum absolute atomic E-state index is 14.3. The Morgan fingerprint density at radius 3 is 2.32 bits per heavy atom. The number of halogens is 2. The maximum atomic E-state index is 14.3. The van der Waals surface area contributed by atoms with Crippen molar-refractivity contribution in [3.05, 3.63) is 78.9 Å². The summed E-state index contributed by atoms with van der Waals surface area (Å²) in [5, 5.41) is 32.0. The van der Waals surface area contributed by atoms with Crippen molar-refractivity contribution in [1.29, 1.82) is 0 Å². The van der Waals surface area contributed by atoms with Gasteiger partial charge in [-0.25, -0.2) is 13.6 Å². The number of epoxide rings is 1. The number of non-ortho nitro benzene ring substituents is 1. The summed E-state index contributed by atoms with van der Waals surface area (Å²) in [5.74, 6) is -4.48. The van der Waals surface area contributed by atoms with E-state index in [0.717, 1.165) is 12.1 Å². The van der Waals surface area contributed by atoms with Crippen molar-refractivity contribution < 1.29 is 33.3 Å². The summed E-state index contributed by atoms with van der Waals surface area (Å²) in [7, 11) is 0. The summed E-state index contributed by atoms with van der Waals surface area (Å²) < 4.78 is 32.9. The molecule has 146 valence electrons. The van der Waals surface area contributed by atoms with E-state index < -0.39 is 55.9 Å². The summed E-state index contributed by atoms with van der Waals surface area (Å²) in [5.41, 5.74) is -4.11. The fraction of sp³-hybridized carbons (Fsp3) is 0.235. The van der Waals surface area contributed by atoms with E-state index in [1.54, 1.807) is 0 Å². The number of carboxylic acid groups (broad SMARTS) is 1. The lowest BCUT2D eigenvalue weighted by atomic mass is 9.79. The molecule has 1 saturated heterocycles. The Morgan fingerprint density at radius 1 is 1.21 bits per heavy atom. The van der Waals surface area contributed by atoms with Crippen LogP contribution in [-0.2, 0) is 10.3 Å². The normalized spacial score (nSPS) is 19.1. The Bertz CT molecular complexity index is 986. The highest BCUT2D eigenvalue weighted by atomic mass is 19.1. The summed E-state index contributed by atoms with van der Waals surface area (Å²) in [6, 6.07) is 4.07. The molecule has 0 unspecified atom stereocenters. The summed E-state index contributed by atoms with van der Waals surface area (Å²) in [6.45, 7) is 1.29. The lowest BCUT2D eigenvalue weighted by molar-refractivity contribution is -0.394. The van der Waals surface area contributed by atoms with Gasteiger partial charge in [-0.05, 0) is 6.07 Å². The number of hydrogen-bond acceptors (Lipinski definition) is 6. The molecule has 1 heterocycles. The van der Waals surface area contributed by atoms with Crippen molar-refractivity contribution in [2.75, 3.05) is 6.61 Å². The van der Waals surface area contributed by atoms with Gasteiger partial charge in [-0.15, -0.1) is 0 Å². The third-order valence-corrected chi connectivity index (χ3v) is 4.76. The van der Waals surface area contributed by atoms with E-state index in [4.69, 9.17) is 4.74 Å². The molecule has 2 atom stereocenters. The monoisotopic (exact) mass is 394 g/mol. The van der Waals surface area contributed by atoms with E-state index in [1.165, 1.54) is 6.92 Å². The lowest BCUT2D eigenvalue weighted by Crippen LogP contribution is -2.23. The van der Waals surface area contributed by atoms with E-state index in [9.17, 15) is 38.9 Å². The minimum atomic E-state index is -1.62. The molecular formula is C17H12F2N2O7. The Hall–Kier alpha value is -3.47. The van der Waals surface area contributed by atoms with Gasteiger partial charge in [0.05, 0.1) is 33.6 Å². The van der Waals surface area contributed by atoms with Gasteiger partial charge in [0.25, 0.3) is 11.4 Å². The van der Waals surface area contributed by atoms with E-state index in [2.05, 4.69) is 0 Å². The number of carboxylic acids is 1. The Labute approximate surface area is 155 Å². The second-order valence-electron chi connectivity index (χ2n) is 6.27. The molecule has 9 nitrogen and oxygen atoms in total. The van der Waals surface area contributed by atoms with Gasteiger partial charge < -0.3 is 9.84 Å². The van der Waals surface area contributed by atoms with Gasteiger partial charge in [-0.2, -0.15) is 0 Å².